The van der Waals surface area contributed by atoms with E-state index in [1.165, 1.54) is 19.3 Å². The number of carbonyl (C=O) groups is 2. The van der Waals surface area contributed by atoms with E-state index in [1.807, 2.05) is 17.0 Å². The van der Waals surface area contributed by atoms with Crippen molar-refractivity contribution in [1.82, 2.24) is 15.2 Å². The van der Waals surface area contributed by atoms with Gasteiger partial charge in [-0.2, -0.15) is 0 Å². The van der Waals surface area contributed by atoms with Crippen molar-refractivity contribution in [3.05, 3.63) is 30.1 Å². The van der Waals surface area contributed by atoms with Crippen LogP contribution in [0.25, 0.3) is 0 Å². The number of aromatic nitrogens is 1. The van der Waals surface area contributed by atoms with E-state index in [2.05, 4.69) is 10.3 Å². The zero-order valence-electron chi connectivity index (χ0n) is 14.7. The van der Waals surface area contributed by atoms with Crippen molar-refractivity contribution in [3.8, 4) is 0 Å². The second kappa shape index (κ2) is 7.14. The van der Waals surface area contributed by atoms with Crippen LogP contribution in [0.15, 0.2) is 24.5 Å². The molecule has 0 aromatic carbocycles. The molecule has 3 atom stereocenters. The van der Waals surface area contributed by atoms with E-state index in [0.717, 1.165) is 43.8 Å². The van der Waals surface area contributed by atoms with E-state index in [9.17, 15) is 9.59 Å². The summed E-state index contributed by atoms with van der Waals surface area (Å²) in [4.78, 5) is 31.3. The average molecular weight is 341 g/mol. The molecule has 0 radical (unpaired) electrons. The van der Waals surface area contributed by atoms with Gasteiger partial charge in [0.1, 0.15) is 0 Å². The van der Waals surface area contributed by atoms with Gasteiger partial charge in [0.15, 0.2) is 0 Å². The van der Waals surface area contributed by atoms with Crippen molar-refractivity contribution in [2.24, 2.45) is 23.7 Å². The smallest absolute Gasteiger partial charge is 0.225 e. The summed E-state index contributed by atoms with van der Waals surface area (Å²) in [5.74, 6) is 2.21. The van der Waals surface area contributed by atoms with Gasteiger partial charge in [-0.15, -0.1) is 0 Å². The normalized spacial score (nSPS) is 29.0. The molecule has 2 bridgehead atoms. The summed E-state index contributed by atoms with van der Waals surface area (Å²) < 4.78 is 0. The lowest BCUT2D eigenvalue weighted by atomic mass is 9.86. The predicted molar refractivity (Wildman–Crippen MR) is 94.3 cm³/mol. The molecule has 2 heterocycles. The maximum absolute atomic E-state index is 12.8. The SMILES string of the molecule is O=C(NCc1cccnc1)C1CCN(C(=O)[C@H]2C[C@H]3CC[C@H]2C3)CC1. The van der Waals surface area contributed by atoms with Crippen LogP contribution < -0.4 is 5.32 Å². The molecule has 134 valence electrons. The Morgan fingerprint density at radius 3 is 2.64 bits per heavy atom. The first kappa shape index (κ1) is 16.6. The van der Waals surface area contributed by atoms with Gasteiger partial charge in [0.2, 0.25) is 11.8 Å². The Balaban J connectivity index is 1.24. The van der Waals surface area contributed by atoms with Gasteiger partial charge in [-0.05, 0) is 55.6 Å². The Labute approximate surface area is 149 Å². The molecule has 1 saturated heterocycles. The molecule has 2 aliphatic carbocycles. The fourth-order valence-electron chi connectivity index (χ4n) is 4.98. The predicted octanol–water partition coefficient (Wildman–Crippen LogP) is 2.37. The fraction of sp³-hybridized carbons (Fsp3) is 0.650. The minimum atomic E-state index is 0.0285. The average Bonchev–Trinajstić information content (AvgIpc) is 3.30. The molecule has 1 N–H and O–H groups in total. The van der Waals surface area contributed by atoms with Crippen molar-refractivity contribution in [3.63, 3.8) is 0 Å². The summed E-state index contributed by atoms with van der Waals surface area (Å²) in [5.41, 5.74) is 1.01. The van der Waals surface area contributed by atoms with Crippen LogP contribution >= 0.6 is 0 Å². The first-order valence-corrected chi connectivity index (χ1v) is 9.66. The lowest BCUT2D eigenvalue weighted by molar-refractivity contribution is -0.140. The lowest BCUT2D eigenvalue weighted by Gasteiger charge is -2.34. The number of pyridine rings is 1. The number of nitrogens with zero attached hydrogens (tertiary/aromatic N) is 2. The van der Waals surface area contributed by atoms with E-state index < -0.39 is 0 Å². The summed E-state index contributed by atoms with van der Waals surface area (Å²) >= 11 is 0. The Kier molecular flexibility index (Phi) is 4.73. The van der Waals surface area contributed by atoms with Gasteiger partial charge in [-0.1, -0.05) is 12.5 Å². The molecule has 0 spiro atoms. The summed E-state index contributed by atoms with van der Waals surface area (Å²) in [5, 5.41) is 3.01. The molecule has 2 saturated carbocycles. The first-order chi connectivity index (χ1) is 12.2. The van der Waals surface area contributed by atoms with Crippen molar-refractivity contribution in [1.29, 1.82) is 0 Å². The Morgan fingerprint density at radius 1 is 1.16 bits per heavy atom. The summed E-state index contributed by atoms with van der Waals surface area (Å²) in [6.07, 6.45) is 10.0. The number of rotatable bonds is 4. The van der Waals surface area contributed by atoms with Crippen LogP contribution in [0.1, 0.15) is 44.1 Å². The van der Waals surface area contributed by atoms with Gasteiger partial charge >= 0.3 is 0 Å². The number of likely N-dealkylation sites (tertiary alicyclic amines) is 1. The minimum Gasteiger partial charge on any atom is -0.352 e. The zero-order chi connectivity index (χ0) is 17.2. The van der Waals surface area contributed by atoms with Crippen molar-refractivity contribution >= 4 is 11.8 Å². The number of hydrogen-bond acceptors (Lipinski definition) is 3. The number of fused-ring (bicyclic) bond motifs is 2. The van der Waals surface area contributed by atoms with Crippen LogP contribution in [0, 0.1) is 23.7 Å². The van der Waals surface area contributed by atoms with Gasteiger partial charge in [-0.3, -0.25) is 14.6 Å². The van der Waals surface area contributed by atoms with Crippen LogP contribution in [-0.2, 0) is 16.1 Å². The number of carbonyl (C=O) groups excluding carboxylic acids is 2. The summed E-state index contributed by atoms with van der Waals surface area (Å²) in [7, 11) is 0. The van der Waals surface area contributed by atoms with E-state index in [-0.39, 0.29) is 17.7 Å². The van der Waals surface area contributed by atoms with Gasteiger partial charge < -0.3 is 10.2 Å². The second-order valence-corrected chi connectivity index (χ2v) is 7.96. The summed E-state index contributed by atoms with van der Waals surface area (Å²) in [6, 6.07) is 3.84. The molecule has 1 aromatic heterocycles. The third-order valence-corrected chi connectivity index (χ3v) is 6.42. The third-order valence-electron chi connectivity index (χ3n) is 6.42. The maximum atomic E-state index is 12.8. The molecule has 4 rings (SSSR count). The van der Waals surface area contributed by atoms with Gasteiger partial charge in [0.25, 0.3) is 0 Å². The summed E-state index contributed by atoms with van der Waals surface area (Å²) in [6.45, 7) is 1.99. The lowest BCUT2D eigenvalue weighted by Crippen LogP contribution is -2.45. The first-order valence-electron chi connectivity index (χ1n) is 9.66. The number of nitrogens with one attached hydrogen (secondary N) is 1. The molecule has 1 aliphatic heterocycles. The molecular weight excluding hydrogens is 314 g/mol. The van der Waals surface area contributed by atoms with E-state index in [0.29, 0.717) is 18.4 Å². The van der Waals surface area contributed by atoms with E-state index in [1.54, 1.807) is 12.4 Å². The highest BCUT2D eigenvalue weighted by atomic mass is 16.2. The monoisotopic (exact) mass is 341 g/mol. The molecule has 5 nitrogen and oxygen atoms in total. The highest BCUT2D eigenvalue weighted by Gasteiger charge is 2.44. The molecule has 1 aromatic rings. The highest BCUT2D eigenvalue weighted by Crippen LogP contribution is 2.49. The zero-order valence-corrected chi connectivity index (χ0v) is 14.7. The van der Waals surface area contributed by atoms with Crippen molar-refractivity contribution in [2.75, 3.05) is 13.1 Å². The molecule has 3 aliphatic rings. The Morgan fingerprint density at radius 2 is 2.00 bits per heavy atom. The van der Waals surface area contributed by atoms with Crippen LogP contribution in [0.3, 0.4) is 0 Å². The van der Waals surface area contributed by atoms with Gasteiger partial charge in [0.05, 0.1) is 0 Å². The highest BCUT2D eigenvalue weighted by molar-refractivity contribution is 5.81. The topological polar surface area (TPSA) is 62.3 Å². The molecule has 3 fully saturated rings. The largest absolute Gasteiger partial charge is 0.352 e. The molecule has 25 heavy (non-hydrogen) atoms. The van der Waals surface area contributed by atoms with Gasteiger partial charge in [-0.25, -0.2) is 0 Å². The Bertz CT molecular complexity index is 625. The maximum Gasteiger partial charge on any atom is 0.225 e. The van der Waals surface area contributed by atoms with Crippen molar-refractivity contribution < 1.29 is 9.59 Å². The van der Waals surface area contributed by atoms with Crippen molar-refractivity contribution in [2.45, 2.75) is 45.1 Å². The standard InChI is InChI=1S/C20H27N3O2/c24-19(22-13-15-2-1-7-21-12-15)16-5-8-23(9-6-16)20(25)18-11-14-3-4-17(18)10-14/h1-2,7,12,14,16-18H,3-6,8-11,13H2,(H,22,24)/t14-,17-,18-/m0/s1. The van der Waals surface area contributed by atoms with Gasteiger partial charge in [0, 0.05) is 43.9 Å². The number of piperidine rings is 1. The molecule has 2 amide bonds. The van der Waals surface area contributed by atoms with Crippen LogP contribution in [0.4, 0.5) is 0 Å². The van der Waals surface area contributed by atoms with E-state index in [4.69, 9.17) is 0 Å². The minimum absolute atomic E-state index is 0.0285. The Hall–Kier alpha value is -1.91. The second-order valence-electron chi connectivity index (χ2n) is 7.96. The van der Waals surface area contributed by atoms with E-state index >= 15 is 0 Å². The fourth-order valence-corrected chi connectivity index (χ4v) is 4.98. The quantitative estimate of drug-likeness (QED) is 0.914. The molecule has 0 unspecified atom stereocenters. The molecule has 5 heteroatoms. The van der Waals surface area contributed by atoms with Crippen LogP contribution in [-0.4, -0.2) is 34.8 Å². The number of amides is 2. The van der Waals surface area contributed by atoms with Crippen LogP contribution in [0.2, 0.25) is 0 Å². The molecular formula is C20H27N3O2. The third kappa shape index (κ3) is 3.55. The van der Waals surface area contributed by atoms with Crippen LogP contribution in [0.5, 0.6) is 0 Å². The number of hydrogen-bond donors (Lipinski definition) is 1.